The summed E-state index contributed by atoms with van der Waals surface area (Å²) in [5.41, 5.74) is 6.18. The fourth-order valence-electron chi connectivity index (χ4n) is 2.02. The van der Waals surface area contributed by atoms with E-state index < -0.39 is 0 Å². The quantitative estimate of drug-likeness (QED) is 0.863. The summed E-state index contributed by atoms with van der Waals surface area (Å²) in [4.78, 5) is 3.71. The third-order valence-electron chi connectivity index (χ3n) is 3.08. The van der Waals surface area contributed by atoms with Gasteiger partial charge in [-0.15, -0.1) is 11.3 Å². The molecule has 1 aromatic heterocycles. The molecule has 90 valence electrons. The highest BCUT2D eigenvalue weighted by atomic mass is 32.1. The number of ether oxygens (including phenoxy) is 1. The van der Waals surface area contributed by atoms with Crippen LogP contribution < -0.4 is 5.73 Å². The number of hydrogen-bond donors (Lipinski definition) is 1. The van der Waals surface area contributed by atoms with E-state index in [4.69, 9.17) is 10.5 Å². The zero-order valence-corrected chi connectivity index (χ0v) is 10.6. The van der Waals surface area contributed by atoms with E-state index in [9.17, 15) is 0 Å². The van der Waals surface area contributed by atoms with Crippen molar-refractivity contribution in [2.75, 3.05) is 26.7 Å². The minimum absolute atomic E-state index is 0.157. The van der Waals surface area contributed by atoms with Crippen LogP contribution in [0, 0.1) is 0 Å². The Bertz CT molecular complexity index is 302. The van der Waals surface area contributed by atoms with Crippen LogP contribution in [-0.2, 0) is 11.2 Å². The molecule has 0 amide bonds. The van der Waals surface area contributed by atoms with Gasteiger partial charge < -0.3 is 15.4 Å². The third kappa shape index (κ3) is 3.28. The van der Waals surface area contributed by atoms with Gasteiger partial charge in [0.15, 0.2) is 0 Å². The molecule has 1 fully saturated rings. The summed E-state index contributed by atoms with van der Waals surface area (Å²) in [5, 5.41) is 2.12. The zero-order valence-electron chi connectivity index (χ0n) is 9.76. The molecule has 0 radical (unpaired) electrons. The fraction of sp³-hybridized carbons (Fsp3) is 0.667. The normalized spacial score (nSPS) is 24.5. The second-order valence-corrected chi connectivity index (χ2v) is 5.49. The van der Waals surface area contributed by atoms with Crippen LogP contribution in [0.3, 0.4) is 0 Å². The molecule has 2 rings (SSSR count). The Morgan fingerprint density at radius 3 is 3.25 bits per heavy atom. The lowest BCUT2D eigenvalue weighted by Crippen LogP contribution is -2.49. The van der Waals surface area contributed by atoms with E-state index in [0.29, 0.717) is 0 Å². The molecular formula is C12H20N2OS. The van der Waals surface area contributed by atoms with Gasteiger partial charge in [0, 0.05) is 24.0 Å². The van der Waals surface area contributed by atoms with Gasteiger partial charge in [-0.05, 0) is 31.3 Å². The fourth-order valence-corrected chi connectivity index (χ4v) is 2.74. The Kier molecular flexibility index (Phi) is 4.35. The maximum Gasteiger partial charge on any atom is 0.0853 e. The average Bonchev–Trinajstić information content (AvgIpc) is 2.78. The van der Waals surface area contributed by atoms with E-state index >= 15 is 0 Å². The van der Waals surface area contributed by atoms with E-state index in [1.54, 1.807) is 11.3 Å². The van der Waals surface area contributed by atoms with Crippen LogP contribution in [0.2, 0.25) is 0 Å². The number of hydrogen-bond acceptors (Lipinski definition) is 4. The molecule has 3 nitrogen and oxygen atoms in total. The molecule has 0 aliphatic carbocycles. The molecule has 1 aromatic rings. The van der Waals surface area contributed by atoms with Crippen LogP contribution in [0.4, 0.5) is 0 Å². The first-order valence-corrected chi connectivity index (χ1v) is 6.72. The highest BCUT2D eigenvalue weighted by Gasteiger charge is 2.23. The van der Waals surface area contributed by atoms with E-state index in [2.05, 4.69) is 29.5 Å². The molecule has 1 aliphatic heterocycles. The van der Waals surface area contributed by atoms with E-state index in [-0.39, 0.29) is 12.1 Å². The van der Waals surface area contributed by atoms with Gasteiger partial charge in [-0.3, -0.25) is 0 Å². The van der Waals surface area contributed by atoms with Crippen molar-refractivity contribution in [3.63, 3.8) is 0 Å². The van der Waals surface area contributed by atoms with E-state index in [1.165, 1.54) is 4.88 Å². The summed E-state index contributed by atoms with van der Waals surface area (Å²) in [6.07, 6.45) is 2.29. The lowest BCUT2D eigenvalue weighted by molar-refractivity contribution is -0.0331. The molecule has 0 saturated carbocycles. The number of nitrogens with zero attached hydrogens (tertiary/aromatic N) is 1. The van der Waals surface area contributed by atoms with Crippen LogP contribution in [-0.4, -0.2) is 43.8 Å². The Hall–Kier alpha value is -0.420. The number of aryl methyl sites for hydroxylation is 1. The first-order valence-electron chi connectivity index (χ1n) is 5.84. The lowest BCUT2D eigenvalue weighted by Gasteiger charge is -2.33. The molecule has 0 bridgehead atoms. The highest BCUT2D eigenvalue weighted by Crippen LogP contribution is 2.15. The van der Waals surface area contributed by atoms with Gasteiger partial charge in [0.25, 0.3) is 0 Å². The van der Waals surface area contributed by atoms with Crippen molar-refractivity contribution in [3.05, 3.63) is 22.4 Å². The van der Waals surface area contributed by atoms with Crippen molar-refractivity contribution in [2.24, 2.45) is 5.73 Å². The molecule has 4 heteroatoms. The smallest absolute Gasteiger partial charge is 0.0853 e. The van der Waals surface area contributed by atoms with Gasteiger partial charge in [-0.2, -0.15) is 0 Å². The van der Waals surface area contributed by atoms with Crippen LogP contribution in [0.25, 0.3) is 0 Å². The minimum atomic E-state index is 0.157. The van der Waals surface area contributed by atoms with Gasteiger partial charge in [0.05, 0.1) is 12.7 Å². The van der Waals surface area contributed by atoms with Crippen molar-refractivity contribution in [1.29, 1.82) is 0 Å². The summed E-state index contributed by atoms with van der Waals surface area (Å²) in [7, 11) is 2.13. The number of thiophene rings is 1. The summed E-state index contributed by atoms with van der Waals surface area (Å²) >= 11 is 1.81. The van der Waals surface area contributed by atoms with Crippen LogP contribution in [0.15, 0.2) is 17.5 Å². The topological polar surface area (TPSA) is 38.5 Å². The Labute approximate surface area is 101 Å². The van der Waals surface area contributed by atoms with Gasteiger partial charge in [0.2, 0.25) is 0 Å². The van der Waals surface area contributed by atoms with Crippen molar-refractivity contribution >= 4 is 11.3 Å². The predicted octanol–water partition coefficient (Wildman–Crippen LogP) is 1.34. The molecule has 1 saturated heterocycles. The molecular weight excluding hydrogens is 220 g/mol. The SMILES string of the molecule is CN1CCOC(C(N)CCc2cccs2)C1. The van der Waals surface area contributed by atoms with Gasteiger partial charge in [0.1, 0.15) is 0 Å². The van der Waals surface area contributed by atoms with Crippen LogP contribution in [0.1, 0.15) is 11.3 Å². The largest absolute Gasteiger partial charge is 0.374 e. The molecule has 16 heavy (non-hydrogen) atoms. The van der Waals surface area contributed by atoms with Gasteiger partial charge in [-0.25, -0.2) is 0 Å². The minimum Gasteiger partial charge on any atom is -0.374 e. The van der Waals surface area contributed by atoms with E-state index in [1.807, 2.05) is 0 Å². The van der Waals surface area contributed by atoms with Crippen molar-refractivity contribution < 1.29 is 4.74 Å². The Morgan fingerprint density at radius 1 is 1.69 bits per heavy atom. The standard InChI is InChI=1S/C12H20N2OS/c1-14-6-7-15-12(9-14)11(13)5-4-10-3-2-8-16-10/h2-3,8,11-12H,4-7,9,13H2,1H3. The predicted molar refractivity (Wildman–Crippen MR) is 67.9 cm³/mol. The first kappa shape index (κ1) is 12.0. The molecule has 2 atom stereocenters. The Morgan fingerprint density at radius 2 is 2.56 bits per heavy atom. The molecule has 0 aromatic carbocycles. The number of rotatable bonds is 4. The Balaban J connectivity index is 1.76. The maximum absolute atomic E-state index is 6.18. The van der Waals surface area contributed by atoms with Crippen molar-refractivity contribution in [3.8, 4) is 0 Å². The second kappa shape index (κ2) is 5.77. The molecule has 2 heterocycles. The number of likely N-dealkylation sites (N-methyl/N-ethyl adjacent to an activating group) is 1. The second-order valence-electron chi connectivity index (χ2n) is 4.45. The summed E-state index contributed by atoms with van der Waals surface area (Å²) in [6, 6.07) is 4.42. The number of morpholine rings is 1. The molecule has 2 N–H and O–H groups in total. The lowest BCUT2D eigenvalue weighted by atomic mass is 10.0. The van der Waals surface area contributed by atoms with E-state index in [0.717, 1.165) is 32.5 Å². The average molecular weight is 240 g/mol. The van der Waals surface area contributed by atoms with Crippen LogP contribution in [0.5, 0.6) is 0 Å². The maximum atomic E-state index is 6.18. The monoisotopic (exact) mass is 240 g/mol. The molecule has 2 unspecified atom stereocenters. The zero-order chi connectivity index (χ0) is 11.4. The van der Waals surface area contributed by atoms with Crippen molar-refractivity contribution in [2.45, 2.75) is 25.0 Å². The molecule has 1 aliphatic rings. The number of nitrogens with two attached hydrogens (primary N) is 1. The molecule has 0 spiro atoms. The van der Waals surface area contributed by atoms with Gasteiger partial charge >= 0.3 is 0 Å². The van der Waals surface area contributed by atoms with Crippen molar-refractivity contribution in [1.82, 2.24) is 4.90 Å². The first-order chi connectivity index (χ1) is 7.75. The van der Waals surface area contributed by atoms with Crippen LogP contribution >= 0.6 is 11.3 Å². The highest BCUT2D eigenvalue weighted by molar-refractivity contribution is 7.09. The summed E-state index contributed by atoms with van der Waals surface area (Å²) < 4.78 is 5.72. The third-order valence-corrected chi connectivity index (χ3v) is 4.01. The summed E-state index contributed by atoms with van der Waals surface area (Å²) in [5.74, 6) is 0. The van der Waals surface area contributed by atoms with Gasteiger partial charge in [-0.1, -0.05) is 6.07 Å². The summed E-state index contributed by atoms with van der Waals surface area (Å²) in [6.45, 7) is 2.80.